The van der Waals surface area contributed by atoms with Gasteiger partial charge in [-0.1, -0.05) is 35.3 Å². The molecule has 2 rings (SSSR count). The lowest BCUT2D eigenvalue weighted by atomic mass is 10.0. The van der Waals surface area contributed by atoms with E-state index in [1.807, 2.05) is 0 Å². The Bertz CT molecular complexity index is 567. The molecule has 1 nitrogen and oxygen atoms in total. The van der Waals surface area contributed by atoms with Crippen LogP contribution in [0.1, 0.15) is 17.2 Å². The second-order valence-corrected chi connectivity index (χ2v) is 4.55. The van der Waals surface area contributed by atoms with E-state index in [4.69, 9.17) is 23.2 Å². The molecule has 0 spiro atoms. The number of benzene rings is 2. The van der Waals surface area contributed by atoms with Crippen LogP contribution in [-0.4, -0.2) is 5.11 Å². The first-order valence-electron chi connectivity index (χ1n) is 5.07. The van der Waals surface area contributed by atoms with Crippen LogP contribution in [0.15, 0.2) is 36.4 Å². The van der Waals surface area contributed by atoms with Crippen LogP contribution in [-0.2, 0) is 0 Å². The van der Waals surface area contributed by atoms with Gasteiger partial charge in [0.1, 0.15) is 17.7 Å². The molecule has 2 aromatic rings. The van der Waals surface area contributed by atoms with Crippen molar-refractivity contribution in [2.45, 2.75) is 6.10 Å². The Labute approximate surface area is 113 Å². The molecule has 2 aromatic carbocycles. The number of halogens is 4. The van der Waals surface area contributed by atoms with Crippen molar-refractivity contribution >= 4 is 23.2 Å². The fourth-order valence-electron chi connectivity index (χ4n) is 1.65. The van der Waals surface area contributed by atoms with E-state index in [1.165, 1.54) is 24.3 Å². The number of rotatable bonds is 2. The van der Waals surface area contributed by atoms with Gasteiger partial charge >= 0.3 is 0 Å². The van der Waals surface area contributed by atoms with Gasteiger partial charge in [0.2, 0.25) is 0 Å². The topological polar surface area (TPSA) is 20.2 Å². The summed E-state index contributed by atoms with van der Waals surface area (Å²) < 4.78 is 27.2. The van der Waals surface area contributed by atoms with Crippen LogP contribution in [0.3, 0.4) is 0 Å². The molecule has 1 N–H and O–H groups in total. The molecule has 0 heterocycles. The van der Waals surface area contributed by atoms with Crippen molar-refractivity contribution in [3.8, 4) is 0 Å². The molecule has 5 heteroatoms. The molecule has 0 aliphatic carbocycles. The summed E-state index contributed by atoms with van der Waals surface area (Å²) >= 11 is 11.4. The Hall–Kier alpha value is -1.16. The lowest BCUT2D eigenvalue weighted by Crippen LogP contribution is -2.05. The van der Waals surface area contributed by atoms with Crippen molar-refractivity contribution in [3.63, 3.8) is 0 Å². The standard InChI is InChI=1S/C13H8Cl2F2O/c14-7-4-5-8(11(17)6-7)13(18)12-9(15)2-1-3-10(12)16/h1-6,13,18H. The monoisotopic (exact) mass is 288 g/mol. The number of hydrogen-bond donors (Lipinski definition) is 1. The van der Waals surface area contributed by atoms with Gasteiger partial charge < -0.3 is 5.11 Å². The molecule has 0 bridgehead atoms. The second kappa shape index (κ2) is 5.22. The van der Waals surface area contributed by atoms with Crippen LogP contribution in [0.2, 0.25) is 10.0 Å². The zero-order valence-corrected chi connectivity index (χ0v) is 10.5. The largest absolute Gasteiger partial charge is 0.383 e. The van der Waals surface area contributed by atoms with E-state index in [-0.39, 0.29) is 21.2 Å². The molecule has 0 aliphatic heterocycles. The molecule has 0 aromatic heterocycles. The van der Waals surface area contributed by atoms with Gasteiger partial charge in [-0.15, -0.1) is 0 Å². The number of aliphatic hydroxyl groups is 1. The van der Waals surface area contributed by atoms with Crippen molar-refractivity contribution in [1.29, 1.82) is 0 Å². The van der Waals surface area contributed by atoms with Gasteiger partial charge in [-0.3, -0.25) is 0 Å². The third kappa shape index (κ3) is 2.48. The molecule has 18 heavy (non-hydrogen) atoms. The van der Waals surface area contributed by atoms with Crippen LogP contribution < -0.4 is 0 Å². The molecular weight excluding hydrogens is 281 g/mol. The van der Waals surface area contributed by atoms with E-state index in [0.717, 1.165) is 12.1 Å². The van der Waals surface area contributed by atoms with Crippen molar-refractivity contribution in [2.75, 3.05) is 0 Å². The minimum absolute atomic E-state index is 0.0388. The first-order valence-corrected chi connectivity index (χ1v) is 5.83. The molecule has 0 amide bonds. The van der Waals surface area contributed by atoms with Crippen LogP contribution in [0.4, 0.5) is 8.78 Å². The van der Waals surface area contributed by atoms with Crippen LogP contribution in [0.25, 0.3) is 0 Å². The van der Waals surface area contributed by atoms with Gasteiger partial charge in [0.15, 0.2) is 0 Å². The molecule has 0 saturated carbocycles. The van der Waals surface area contributed by atoms with Gasteiger partial charge in [0.25, 0.3) is 0 Å². The van der Waals surface area contributed by atoms with Crippen molar-refractivity contribution < 1.29 is 13.9 Å². The quantitative estimate of drug-likeness (QED) is 0.871. The Morgan fingerprint density at radius 3 is 2.33 bits per heavy atom. The maximum atomic E-state index is 13.6. The molecule has 0 radical (unpaired) electrons. The average Bonchev–Trinajstić information content (AvgIpc) is 2.28. The summed E-state index contributed by atoms with van der Waals surface area (Å²) in [6.45, 7) is 0. The lowest BCUT2D eigenvalue weighted by Gasteiger charge is -2.14. The summed E-state index contributed by atoms with van der Waals surface area (Å²) in [5.41, 5.74) is -0.230. The van der Waals surface area contributed by atoms with E-state index in [2.05, 4.69) is 0 Å². The summed E-state index contributed by atoms with van der Waals surface area (Å²) in [6.07, 6.45) is -1.48. The molecule has 0 fully saturated rings. The average molecular weight is 289 g/mol. The lowest BCUT2D eigenvalue weighted by molar-refractivity contribution is 0.210. The number of aliphatic hydroxyl groups excluding tert-OH is 1. The molecule has 94 valence electrons. The predicted molar refractivity (Wildman–Crippen MR) is 66.9 cm³/mol. The normalized spacial score (nSPS) is 12.5. The van der Waals surface area contributed by atoms with E-state index in [1.54, 1.807) is 0 Å². The Morgan fingerprint density at radius 1 is 1.00 bits per heavy atom. The summed E-state index contributed by atoms with van der Waals surface area (Å²) in [7, 11) is 0. The third-order valence-electron chi connectivity index (χ3n) is 2.53. The van der Waals surface area contributed by atoms with Crippen LogP contribution in [0, 0.1) is 11.6 Å². The Kier molecular flexibility index (Phi) is 3.85. The Balaban J connectivity index is 2.51. The van der Waals surface area contributed by atoms with Gasteiger partial charge in [-0.05, 0) is 24.3 Å². The fourth-order valence-corrected chi connectivity index (χ4v) is 2.08. The van der Waals surface area contributed by atoms with Gasteiger partial charge in [-0.25, -0.2) is 8.78 Å². The van der Waals surface area contributed by atoms with Gasteiger partial charge in [-0.2, -0.15) is 0 Å². The molecule has 0 saturated heterocycles. The zero-order valence-electron chi connectivity index (χ0n) is 9.00. The van der Waals surface area contributed by atoms with Crippen molar-refractivity contribution in [3.05, 3.63) is 69.2 Å². The third-order valence-corrected chi connectivity index (χ3v) is 3.09. The molecular formula is C13H8Cl2F2O. The highest BCUT2D eigenvalue weighted by atomic mass is 35.5. The zero-order chi connectivity index (χ0) is 13.3. The van der Waals surface area contributed by atoms with Gasteiger partial charge in [0.05, 0.1) is 0 Å². The van der Waals surface area contributed by atoms with E-state index < -0.39 is 17.7 Å². The minimum atomic E-state index is -1.48. The minimum Gasteiger partial charge on any atom is -0.383 e. The molecule has 1 atom stereocenters. The Morgan fingerprint density at radius 2 is 1.72 bits per heavy atom. The maximum Gasteiger partial charge on any atom is 0.130 e. The van der Waals surface area contributed by atoms with Gasteiger partial charge in [0, 0.05) is 21.2 Å². The fraction of sp³-hybridized carbons (Fsp3) is 0.0769. The number of hydrogen-bond acceptors (Lipinski definition) is 1. The molecule has 1 unspecified atom stereocenters. The summed E-state index contributed by atoms with van der Waals surface area (Å²) in [6, 6.07) is 7.75. The smallest absolute Gasteiger partial charge is 0.130 e. The first kappa shape index (κ1) is 13.3. The van der Waals surface area contributed by atoms with E-state index in [0.29, 0.717) is 0 Å². The van der Waals surface area contributed by atoms with E-state index >= 15 is 0 Å². The van der Waals surface area contributed by atoms with Crippen LogP contribution >= 0.6 is 23.2 Å². The summed E-state index contributed by atoms with van der Waals surface area (Å²) in [5.74, 6) is -1.40. The summed E-state index contributed by atoms with van der Waals surface area (Å²) in [4.78, 5) is 0. The predicted octanol–water partition coefficient (Wildman–Crippen LogP) is 4.35. The first-order chi connectivity index (χ1) is 8.50. The SMILES string of the molecule is OC(c1ccc(Cl)cc1F)c1c(F)cccc1Cl. The van der Waals surface area contributed by atoms with E-state index in [9.17, 15) is 13.9 Å². The second-order valence-electron chi connectivity index (χ2n) is 3.70. The highest BCUT2D eigenvalue weighted by Crippen LogP contribution is 2.32. The molecule has 0 aliphatic rings. The van der Waals surface area contributed by atoms with Crippen LogP contribution in [0.5, 0.6) is 0 Å². The van der Waals surface area contributed by atoms with Crippen molar-refractivity contribution in [2.24, 2.45) is 0 Å². The highest BCUT2D eigenvalue weighted by Gasteiger charge is 2.21. The summed E-state index contributed by atoms with van der Waals surface area (Å²) in [5, 5.41) is 10.3. The maximum absolute atomic E-state index is 13.6. The van der Waals surface area contributed by atoms with Crippen molar-refractivity contribution in [1.82, 2.24) is 0 Å². The highest BCUT2D eigenvalue weighted by molar-refractivity contribution is 6.31.